The first-order chi connectivity index (χ1) is 8.97. The van der Waals surface area contributed by atoms with Gasteiger partial charge in [-0.3, -0.25) is 4.90 Å². The molecular formula is C14H28N4O. The molecule has 5 nitrogen and oxygen atoms in total. The van der Waals surface area contributed by atoms with E-state index < -0.39 is 0 Å². The molecule has 0 radical (unpaired) electrons. The van der Waals surface area contributed by atoms with Crippen molar-refractivity contribution in [3.05, 3.63) is 12.2 Å². The molecule has 2 unspecified atom stereocenters. The van der Waals surface area contributed by atoms with E-state index in [-0.39, 0.29) is 0 Å². The lowest BCUT2D eigenvalue weighted by atomic mass is 10.2. The Bertz CT molecular complexity index is 307. The van der Waals surface area contributed by atoms with E-state index in [0.717, 1.165) is 38.2 Å². The van der Waals surface area contributed by atoms with Crippen molar-refractivity contribution in [1.82, 2.24) is 10.2 Å². The van der Waals surface area contributed by atoms with Crippen LogP contribution in [0.15, 0.2) is 17.1 Å². The van der Waals surface area contributed by atoms with Crippen molar-refractivity contribution in [2.45, 2.75) is 39.4 Å². The Morgan fingerprint density at radius 1 is 1.42 bits per heavy atom. The van der Waals surface area contributed by atoms with Crippen LogP contribution in [0.25, 0.3) is 0 Å². The standard InChI is InChI=1S/C14H28N4O/c1-11(2)8-17-14(15)16-6-5-7-18-9-12(3)19-13(4)10-18/h12-13H,1,5-10H2,2-4H3,(H3,15,16,17). The lowest BCUT2D eigenvalue weighted by Crippen LogP contribution is -2.46. The molecule has 2 atom stereocenters. The van der Waals surface area contributed by atoms with E-state index in [1.54, 1.807) is 0 Å². The highest BCUT2D eigenvalue weighted by Gasteiger charge is 2.21. The zero-order valence-electron chi connectivity index (χ0n) is 12.5. The summed E-state index contributed by atoms with van der Waals surface area (Å²) in [5, 5.41) is 3.13. The lowest BCUT2D eigenvalue weighted by molar-refractivity contribution is -0.0679. The largest absolute Gasteiger partial charge is 0.373 e. The van der Waals surface area contributed by atoms with Crippen LogP contribution in [0.3, 0.4) is 0 Å². The van der Waals surface area contributed by atoms with Gasteiger partial charge in [0.15, 0.2) is 5.96 Å². The Morgan fingerprint density at radius 3 is 2.63 bits per heavy atom. The summed E-state index contributed by atoms with van der Waals surface area (Å²) in [6.07, 6.45) is 1.72. The van der Waals surface area contributed by atoms with E-state index in [4.69, 9.17) is 10.5 Å². The third kappa shape index (κ3) is 7.18. The van der Waals surface area contributed by atoms with Crippen LogP contribution in [0.2, 0.25) is 0 Å². The molecule has 1 heterocycles. The summed E-state index contributed by atoms with van der Waals surface area (Å²) in [5.74, 6) is 0.506. The second-order valence-electron chi connectivity index (χ2n) is 5.46. The van der Waals surface area contributed by atoms with Gasteiger partial charge in [-0.15, -0.1) is 0 Å². The zero-order valence-corrected chi connectivity index (χ0v) is 12.5. The Kier molecular flexibility index (Phi) is 6.87. The molecule has 0 aromatic heterocycles. The maximum Gasteiger partial charge on any atom is 0.188 e. The van der Waals surface area contributed by atoms with E-state index >= 15 is 0 Å². The molecule has 1 fully saturated rings. The van der Waals surface area contributed by atoms with Gasteiger partial charge in [-0.05, 0) is 27.2 Å². The number of hydrogen-bond acceptors (Lipinski definition) is 3. The summed E-state index contributed by atoms with van der Waals surface area (Å²) in [7, 11) is 0. The number of aliphatic imine (C=N–C) groups is 1. The van der Waals surface area contributed by atoms with Gasteiger partial charge in [0, 0.05) is 26.2 Å². The lowest BCUT2D eigenvalue weighted by Gasteiger charge is -2.35. The number of nitrogens with zero attached hydrogens (tertiary/aromatic N) is 2. The maximum absolute atomic E-state index is 5.75. The van der Waals surface area contributed by atoms with Gasteiger partial charge in [0.2, 0.25) is 0 Å². The highest BCUT2D eigenvalue weighted by Crippen LogP contribution is 2.10. The summed E-state index contributed by atoms with van der Waals surface area (Å²) in [5.41, 5.74) is 6.76. The highest BCUT2D eigenvalue weighted by atomic mass is 16.5. The van der Waals surface area contributed by atoms with Gasteiger partial charge in [0.05, 0.1) is 18.8 Å². The minimum Gasteiger partial charge on any atom is -0.373 e. The third-order valence-corrected chi connectivity index (χ3v) is 2.97. The van der Waals surface area contributed by atoms with E-state index in [9.17, 15) is 0 Å². The quantitative estimate of drug-likeness (QED) is 0.326. The Morgan fingerprint density at radius 2 is 2.05 bits per heavy atom. The molecule has 1 rings (SSSR count). The van der Waals surface area contributed by atoms with Gasteiger partial charge in [-0.1, -0.05) is 12.2 Å². The molecule has 0 bridgehead atoms. The molecule has 110 valence electrons. The van der Waals surface area contributed by atoms with Gasteiger partial charge >= 0.3 is 0 Å². The first kappa shape index (κ1) is 16.0. The molecule has 0 aliphatic carbocycles. The summed E-state index contributed by atoms with van der Waals surface area (Å²) in [4.78, 5) is 6.63. The molecule has 0 aromatic carbocycles. The van der Waals surface area contributed by atoms with Crippen LogP contribution in [0, 0.1) is 0 Å². The fraction of sp³-hybridized carbons (Fsp3) is 0.786. The number of guanidine groups is 1. The van der Waals surface area contributed by atoms with Crippen LogP contribution in [-0.2, 0) is 4.74 Å². The fourth-order valence-electron chi connectivity index (χ4n) is 2.26. The van der Waals surface area contributed by atoms with Crippen LogP contribution >= 0.6 is 0 Å². The van der Waals surface area contributed by atoms with E-state index in [1.807, 2.05) is 6.92 Å². The van der Waals surface area contributed by atoms with Gasteiger partial charge < -0.3 is 15.8 Å². The first-order valence-electron chi connectivity index (χ1n) is 7.03. The molecule has 0 saturated carbocycles. The van der Waals surface area contributed by atoms with Crippen molar-refractivity contribution >= 4 is 5.96 Å². The predicted octanol–water partition coefficient (Wildman–Crippen LogP) is 0.966. The van der Waals surface area contributed by atoms with E-state index in [0.29, 0.717) is 24.7 Å². The van der Waals surface area contributed by atoms with Gasteiger partial charge in [0.1, 0.15) is 0 Å². The normalized spacial score (nSPS) is 25.3. The molecule has 3 N–H and O–H groups in total. The number of ether oxygens (including phenoxy) is 1. The minimum absolute atomic E-state index is 0.332. The number of morpholine rings is 1. The molecule has 19 heavy (non-hydrogen) atoms. The topological polar surface area (TPSA) is 62.9 Å². The van der Waals surface area contributed by atoms with Crippen LogP contribution in [-0.4, -0.2) is 55.8 Å². The van der Waals surface area contributed by atoms with Crippen molar-refractivity contribution in [1.29, 1.82) is 0 Å². The molecule has 1 saturated heterocycles. The maximum atomic E-state index is 5.75. The molecule has 1 aliphatic heterocycles. The number of hydrogen-bond donors (Lipinski definition) is 2. The Hall–Kier alpha value is -1.07. The van der Waals surface area contributed by atoms with Gasteiger partial charge in [-0.2, -0.15) is 0 Å². The number of rotatable bonds is 6. The fourth-order valence-corrected chi connectivity index (χ4v) is 2.26. The summed E-state index contributed by atoms with van der Waals surface area (Å²) >= 11 is 0. The van der Waals surface area contributed by atoms with Crippen LogP contribution < -0.4 is 11.1 Å². The molecule has 1 aliphatic rings. The minimum atomic E-state index is 0.332. The Balaban J connectivity index is 2.13. The van der Waals surface area contributed by atoms with Crippen molar-refractivity contribution in [3.63, 3.8) is 0 Å². The third-order valence-electron chi connectivity index (χ3n) is 2.97. The van der Waals surface area contributed by atoms with Crippen LogP contribution in [0.5, 0.6) is 0 Å². The molecule has 0 aromatic rings. The van der Waals surface area contributed by atoms with Crippen molar-refractivity contribution in [2.24, 2.45) is 10.7 Å². The summed E-state index contributed by atoms with van der Waals surface area (Å²) in [6.45, 7) is 14.5. The SMILES string of the molecule is C=C(C)CN=C(N)NCCCN1CC(C)OC(C)C1. The number of nitrogens with one attached hydrogen (secondary N) is 1. The van der Waals surface area contributed by atoms with Crippen LogP contribution in [0.1, 0.15) is 27.2 Å². The smallest absolute Gasteiger partial charge is 0.188 e. The highest BCUT2D eigenvalue weighted by molar-refractivity contribution is 5.77. The second-order valence-corrected chi connectivity index (χ2v) is 5.46. The van der Waals surface area contributed by atoms with Gasteiger partial charge in [-0.25, -0.2) is 4.99 Å². The van der Waals surface area contributed by atoms with E-state index in [1.165, 1.54) is 0 Å². The predicted molar refractivity (Wildman–Crippen MR) is 80.4 cm³/mol. The first-order valence-corrected chi connectivity index (χ1v) is 7.03. The number of nitrogens with two attached hydrogens (primary N) is 1. The zero-order chi connectivity index (χ0) is 14.3. The average Bonchev–Trinajstić information content (AvgIpc) is 2.31. The monoisotopic (exact) mass is 268 g/mol. The average molecular weight is 268 g/mol. The van der Waals surface area contributed by atoms with Crippen molar-refractivity contribution in [3.8, 4) is 0 Å². The molecular weight excluding hydrogens is 240 g/mol. The Labute approximate surface area is 116 Å². The van der Waals surface area contributed by atoms with Gasteiger partial charge in [0.25, 0.3) is 0 Å². The van der Waals surface area contributed by atoms with Crippen molar-refractivity contribution in [2.75, 3.05) is 32.7 Å². The summed E-state index contributed by atoms with van der Waals surface area (Å²) < 4.78 is 5.71. The van der Waals surface area contributed by atoms with Crippen LogP contribution in [0.4, 0.5) is 0 Å². The molecule has 0 spiro atoms. The molecule has 0 amide bonds. The second kappa shape index (κ2) is 8.17. The van der Waals surface area contributed by atoms with E-state index in [2.05, 4.69) is 35.6 Å². The summed E-state index contributed by atoms with van der Waals surface area (Å²) in [6, 6.07) is 0. The molecule has 5 heteroatoms. The van der Waals surface area contributed by atoms with Crippen molar-refractivity contribution < 1.29 is 4.74 Å².